The fraction of sp³-hybridized carbons (Fsp3) is 0.0667. The summed E-state index contributed by atoms with van der Waals surface area (Å²) in [6.45, 7) is 0. The Morgan fingerprint density at radius 3 is 1.79 bits per heavy atom. The minimum absolute atomic E-state index is 0. The van der Waals surface area contributed by atoms with Crippen molar-refractivity contribution in [3.8, 4) is 11.1 Å². The Balaban J connectivity index is 0.000000264. The molecule has 0 heterocycles. The number of allylic oxidation sites excluding steroid dienone is 4. The summed E-state index contributed by atoms with van der Waals surface area (Å²) in [6, 6.07) is 39.4. The SMILES string of the molecule is [C-]1=CC=CC1.[F-].[F-].[Zr+4].[c-]1cccc2c1Cc1ccccc1-2.c1ccc([SiH]c2ccccc2)cc1. The Morgan fingerprint density at radius 1 is 0.647 bits per heavy atom. The molecule has 2 aliphatic rings. The maximum atomic E-state index is 3.30. The van der Waals surface area contributed by atoms with E-state index in [1.165, 1.54) is 32.6 Å². The quantitative estimate of drug-likeness (QED) is 0.207. The first-order valence-corrected chi connectivity index (χ1v) is 11.8. The van der Waals surface area contributed by atoms with Gasteiger partial charge in [-0.2, -0.15) is 35.9 Å². The van der Waals surface area contributed by atoms with Gasteiger partial charge in [0.2, 0.25) is 0 Å². The monoisotopic (exact) mass is 541 g/mol. The predicted octanol–water partition coefficient (Wildman–Crippen LogP) is -0.557. The average Bonchev–Trinajstić information content (AvgIpc) is 3.53. The molecule has 0 bridgehead atoms. The molecule has 0 aliphatic heterocycles. The molecular formula is C30H25F2SiZr. The third-order valence-corrected chi connectivity index (χ3v) is 6.57. The Hall–Kier alpha value is -2.68. The van der Waals surface area contributed by atoms with E-state index in [-0.39, 0.29) is 45.1 Å². The first-order valence-electron chi connectivity index (χ1n) is 10.6. The topological polar surface area (TPSA) is 0 Å². The molecule has 0 atom stereocenters. The fourth-order valence-corrected chi connectivity index (χ4v) is 4.84. The third kappa shape index (κ3) is 8.59. The Morgan fingerprint density at radius 2 is 1.24 bits per heavy atom. The second-order valence-electron chi connectivity index (χ2n) is 7.37. The molecule has 6 rings (SSSR count). The van der Waals surface area contributed by atoms with E-state index < -0.39 is 0 Å². The van der Waals surface area contributed by atoms with Gasteiger partial charge in [-0.15, -0.1) is 12.0 Å². The van der Waals surface area contributed by atoms with Crippen LogP contribution in [0.4, 0.5) is 0 Å². The van der Waals surface area contributed by atoms with E-state index in [0.717, 1.165) is 12.8 Å². The molecule has 0 amide bonds. The van der Waals surface area contributed by atoms with Crippen LogP contribution < -0.4 is 19.8 Å². The van der Waals surface area contributed by atoms with E-state index in [1.807, 2.05) is 18.2 Å². The zero-order valence-electron chi connectivity index (χ0n) is 18.8. The molecule has 0 spiro atoms. The molecule has 4 heteroatoms. The van der Waals surface area contributed by atoms with Gasteiger partial charge in [-0.25, -0.2) is 12.2 Å². The maximum Gasteiger partial charge on any atom is 4.00 e. The van der Waals surface area contributed by atoms with E-state index in [4.69, 9.17) is 0 Å². The summed E-state index contributed by atoms with van der Waals surface area (Å²) in [6.07, 6.45) is 11.0. The molecule has 0 nitrogen and oxygen atoms in total. The van der Waals surface area contributed by atoms with E-state index in [9.17, 15) is 0 Å². The molecule has 0 saturated heterocycles. The Bertz CT molecular complexity index is 1070. The van der Waals surface area contributed by atoms with Crippen LogP contribution in [0.3, 0.4) is 0 Å². The zero-order valence-corrected chi connectivity index (χ0v) is 22.4. The van der Waals surface area contributed by atoms with Crippen molar-refractivity contribution in [2.45, 2.75) is 12.8 Å². The van der Waals surface area contributed by atoms with E-state index in [0.29, 0.717) is 0 Å². The van der Waals surface area contributed by atoms with Crippen LogP contribution >= 0.6 is 0 Å². The van der Waals surface area contributed by atoms with Gasteiger partial charge in [-0.05, 0) is 6.42 Å². The summed E-state index contributed by atoms with van der Waals surface area (Å²) in [5.41, 5.74) is 5.51. The second kappa shape index (κ2) is 16.0. The Kier molecular flexibility index (Phi) is 13.8. The van der Waals surface area contributed by atoms with Crippen LogP contribution in [-0.2, 0) is 32.6 Å². The van der Waals surface area contributed by atoms with Crippen molar-refractivity contribution in [1.82, 2.24) is 0 Å². The largest absolute Gasteiger partial charge is 4.00 e. The van der Waals surface area contributed by atoms with Gasteiger partial charge in [0.1, 0.15) is 9.52 Å². The van der Waals surface area contributed by atoms with Crippen LogP contribution in [0.5, 0.6) is 0 Å². The van der Waals surface area contributed by atoms with E-state index in [2.05, 4.69) is 115 Å². The van der Waals surface area contributed by atoms with Crippen LogP contribution in [0.2, 0.25) is 0 Å². The molecule has 4 aromatic carbocycles. The van der Waals surface area contributed by atoms with Crippen LogP contribution in [0.25, 0.3) is 11.1 Å². The molecular weight excluding hydrogens is 518 g/mol. The fourth-order valence-electron chi connectivity index (χ4n) is 3.63. The van der Waals surface area contributed by atoms with Crippen molar-refractivity contribution in [3.05, 3.63) is 145 Å². The summed E-state index contributed by atoms with van der Waals surface area (Å²) >= 11 is 0. The number of hydrogen-bond acceptors (Lipinski definition) is 0. The minimum atomic E-state index is 0. The molecule has 0 saturated carbocycles. The van der Waals surface area contributed by atoms with Crippen LogP contribution in [-0.4, -0.2) is 9.52 Å². The van der Waals surface area contributed by atoms with Crippen molar-refractivity contribution in [3.63, 3.8) is 0 Å². The van der Waals surface area contributed by atoms with Gasteiger partial charge < -0.3 is 9.41 Å². The zero-order chi connectivity index (χ0) is 21.1. The van der Waals surface area contributed by atoms with E-state index >= 15 is 0 Å². The molecule has 0 fully saturated rings. The van der Waals surface area contributed by atoms with Gasteiger partial charge in [0.05, 0.1) is 0 Å². The van der Waals surface area contributed by atoms with Gasteiger partial charge >= 0.3 is 26.2 Å². The van der Waals surface area contributed by atoms with Crippen molar-refractivity contribution in [2.24, 2.45) is 0 Å². The molecule has 2 aliphatic carbocycles. The summed E-state index contributed by atoms with van der Waals surface area (Å²) in [5, 5.41) is 2.90. The number of halogens is 2. The summed E-state index contributed by atoms with van der Waals surface area (Å²) < 4.78 is 0. The average molecular weight is 543 g/mol. The third-order valence-electron chi connectivity index (χ3n) is 5.13. The first kappa shape index (κ1) is 29.4. The van der Waals surface area contributed by atoms with Crippen LogP contribution in [0, 0.1) is 12.1 Å². The van der Waals surface area contributed by atoms with Gasteiger partial charge in [0, 0.05) is 0 Å². The maximum absolute atomic E-state index is 3.30. The van der Waals surface area contributed by atoms with Gasteiger partial charge in [0.25, 0.3) is 0 Å². The van der Waals surface area contributed by atoms with Crippen molar-refractivity contribution >= 4 is 19.9 Å². The second-order valence-corrected chi connectivity index (χ2v) is 8.99. The number of rotatable bonds is 2. The Labute approximate surface area is 223 Å². The molecule has 1 radical (unpaired) electrons. The van der Waals surface area contributed by atoms with Crippen molar-refractivity contribution in [1.29, 1.82) is 0 Å². The number of benzene rings is 4. The van der Waals surface area contributed by atoms with Crippen molar-refractivity contribution in [2.75, 3.05) is 0 Å². The van der Waals surface area contributed by atoms with Crippen molar-refractivity contribution < 1.29 is 35.6 Å². The van der Waals surface area contributed by atoms with Gasteiger partial charge in [-0.1, -0.05) is 106 Å². The number of fused-ring (bicyclic) bond motifs is 3. The smallest absolute Gasteiger partial charge is 1.00 e. The summed E-state index contributed by atoms with van der Waals surface area (Å²) in [4.78, 5) is 0. The normalized spacial score (nSPS) is 11.1. The molecule has 167 valence electrons. The molecule has 0 unspecified atom stereocenters. The summed E-state index contributed by atoms with van der Waals surface area (Å²) in [7, 11) is 0.271. The molecule has 4 aromatic rings. The first-order chi connectivity index (χ1) is 15.4. The van der Waals surface area contributed by atoms with Gasteiger partial charge in [0.15, 0.2) is 0 Å². The minimum Gasteiger partial charge on any atom is -1.00 e. The predicted molar refractivity (Wildman–Crippen MR) is 134 cm³/mol. The molecule has 34 heavy (non-hydrogen) atoms. The van der Waals surface area contributed by atoms with Gasteiger partial charge in [-0.3, -0.25) is 6.08 Å². The standard InChI is InChI=1S/C13H9.C12H11Si.C5H5.2FH.Zr/c1-3-7-12-10(5-1)9-11-6-2-4-8-13(11)12;1-3-7-11(8-4-1)13-12-9-5-2-6-10-12;1-2-4-5-3-1;;;/h1-5,7-8H,9H2;1-10,13H;1-3H,4H2;2*1H;/q-1;;-1;;;+4/p-2. The molecule has 0 N–H and O–H groups in total. The number of hydrogen-bond donors (Lipinski definition) is 0. The summed E-state index contributed by atoms with van der Waals surface area (Å²) in [5.74, 6) is 0. The van der Waals surface area contributed by atoms with Crippen LogP contribution in [0.1, 0.15) is 17.5 Å². The van der Waals surface area contributed by atoms with Crippen LogP contribution in [0.15, 0.2) is 121 Å². The molecule has 0 aromatic heterocycles. The van der Waals surface area contributed by atoms with E-state index in [1.54, 1.807) is 0 Å².